The zero-order valence-corrected chi connectivity index (χ0v) is 7.97. The fraction of sp³-hybridized carbons (Fsp3) is 0.182. The van der Waals surface area contributed by atoms with Gasteiger partial charge in [0.15, 0.2) is 0 Å². The molecule has 0 fully saturated rings. The van der Waals surface area contributed by atoms with Crippen LogP contribution < -0.4 is 0 Å². The van der Waals surface area contributed by atoms with Crippen molar-refractivity contribution in [3.63, 3.8) is 0 Å². The van der Waals surface area contributed by atoms with Gasteiger partial charge in [0.25, 0.3) is 0 Å². The summed E-state index contributed by atoms with van der Waals surface area (Å²) >= 11 is 0. The van der Waals surface area contributed by atoms with Crippen molar-refractivity contribution in [2.45, 2.75) is 13.0 Å². The molecule has 0 saturated carbocycles. The first-order valence-corrected chi connectivity index (χ1v) is 4.56. The lowest BCUT2D eigenvalue weighted by Crippen LogP contribution is -2.28. The minimum atomic E-state index is 0.00694. The predicted octanol–water partition coefficient (Wildman–Crippen LogP) is 1.99. The Morgan fingerprint density at radius 1 is 1.50 bits per heavy atom. The molecule has 0 aromatic carbocycles. The summed E-state index contributed by atoms with van der Waals surface area (Å²) in [5.74, 6) is 0.0465. The van der Waals surface area contributed by atoms with Gasteiger partial charge in [-0.05, 0) is 18.2 Å². The van der Waals surface area contributed by atoms with E-state index in [2.05, 4.69) is 4.98 Å². The van der Waals surface area contributed by atoms with E-state index in [-0.39, 0.29) is 11.9 Å². The minimum Gasteiger partial charge on any atom is -0.363 e. The Balaban J connectivity index is 2.29. The highest BCUT2D eigenvalue weighted by molar-refractivity contribution is 5.75. The van der Waals surface area contributed by atoms with E-state index in [0.717, 1.165) is 5.69 Å². The van der Waals surface area contributed by atoms with Gasteiger partial charge in [-0.25, -0.2) is 0 Å². The van der Waals surface area contributed by atoms with Crippen LogP contribution in [0, 0.1) is 0 Å². The standard InChI is InChI=1S/C11H12N2O/c1-9(14)13-8-3-2-6-11(13)10-5-4-7-12-10/h2-8,11-12H,1H3/t11-/m1/s1. The fourth-order valence-corrected chi connectivity index (χ4v) is 1.58. The fourth-order valence-electron chi connectivity index (χ4n) is 1.58. The molecule has 1 aromatic heterocycles. The van der Waals surface area contributed by atoms with Gasteiger partial charge < -0.3 is 9.88 Å². The van der Waals surface area contributed by atoms with Gasteiger partial charge in [-0.2, -0.15) is 0 Å². The van der Waals surface area contributed by atoms with E-state index in [9.17, 15) is 4.79 Å². The topological polar surface area (TPSA) is 36.1 Å². The summed E-state index contributed by atoms with van der Waals surface area (Å²) in [6.45, 7) is 1.57. The summed E-state index contributed by atoms with van der Waals surface area (Å²) in [6, 6.07) is 3.91. The van der Waals surface area contributed by atoms with Crippen LogP contribution in [0.5, 0.6) is 0 Å². The SMILES string of the molecule is CC(=O)N1C=CC=C[C@@H]1c1ccc[nH]1. The van der Waals surface area contributed by atoms with E-state index in [0.29, 0.717) is 0 Å². The zero-order chi connectivity index (χ0) is 9.97. The van der Waals surface area contributed by atoms with Crippen LogP contribution >= 0.6 is 0 Å². The molecule has 14 heavy (non-hydrogen) atoms. The van der Waals surface area contributed by atoms with E-state index in [1.165, 1.54) is 0 Å². The smallest absolute Gasteiger partial charge is 0.224 e. The molecular weight excluding hydrogens is 176 g/mol. The van der Waals surface area contributed by atoms with Crippen molar-refractivity contribution < 1.29 is 4.79 Å². The number of nitrogens with one attached hydrogen (secondary N) is 1. The zero-order valence-electron chi connectivity index (χ0n) is 7.97. The average Bonchev–Trinajstić information content (AvgIpc) is 2.70. The molecule has 0 bridgehead atoms. The molecule has 3 heteroatoms. The normalized spacial score (nSPS) is 20.1. The molecule has 3 nitrogen and oxygen atoms in total. The predicted molar refractivity (Wildman–Crippen MR) is 54.3 cm³/mol. The van der Waals surface area contributed by atoms with Crippen LogP contribution in [-0.2, 0) is 4.79 Å². The second-order valence-electron chi connectivity index (χ2n) is 3.22. The van der Waals surface area contributed by atoms with Crippen molar-refractivity contribution >= 4 is 5.91 Å². The third-order valence-corrected chi connectivity index (χ3v) is 2.26. The summed E-state index contributed by atoms with van der Waals surface area (Å²) < 4.78 is 0. The molecule has 1 amide bonds. The van der Waals surface area contributed by atoms with Crippen LogP contribution in [0.15, 0.2) is 42.8 Å². The largest absolute Gasteiger partial charge is 0.363 e. The van der Waals surface area contributed by atoms with Gasteiger partial charge in [0.1, 0.15) is 0 Å². The number of carbonyl (C=O) groups is 1. The molecular formula is C11H12N2O. The van der Waals surface area contributed by atoms with Gasteiger partial charge in [-0.1, -0.05) is 12.2 Å². The molecule has 0 unspecified atom stereocenters. The van der Waals surface area contributed by atoms with Crippen LogP contribution in [0.1, 0.15) is 18.7 Å². The molecule has 2 rings (SSSR count). The lowest BCUT2D eigenvalue weighted by Gasteiger charge is -2.26. The summed E-state index contributed by atoms with van der Waals surface area (Å²) in [4.78, 5) is 16.1. The lowest BCUT2D eigenvalue weighted by molar-refractivity contribution is -0.127. The average molecular weight is 188 g/mol. The maximum absolute atomic E-state index is 11.3. The number of allylic oxidation sites excluding steroid dienone is 2. The third-order valence-electron chi connectivity index (χ3n) is 2.26. The second-order valence-corrected chi connectivity index (χ2v) is 3.22. The van der Waals surface area contributed by atoms with Crippen LogP contribution in [0.3, 0.4) is 0 Å². The maximum Gasteiger partial charge on any atom is 0.224 e. The number of nitrogens with zero attached hydrogens (tertiary/aromatic N) is 1. The van der Waals surface area contributed by atoms with Crippen LogP contribution in [-0.4, -0.2) is 15.8 Å². The van der Waals surface area contributed by atoms with Crippen molar-refractivity contribution in [1.82, 2.24) is 9.88 Å². The van der Waals surface area contributed by atoms with E-state index in [4.69, 9.17) is 0 Å². The Labute approximate surface area is 82.7 Å². The number of carbonyl (C=O) groups excluding carboxylic acids is 1. The molecule has 1 N–H and O–H groups in total. The summed E-state index contributed by atoms with van der Waals surface area (Å²) in [5, 5.41) is 0. The second kappa shape index (κ2) is 3.54. The number of hydrogen-bond donors (Lipinski definition) is 1. The van der Waals surface area contributed by atoms with Crippen LogP contribution in [0.4, 0.5) is 0 Å². The van der Waals surface area contributed by atoms with Crippen LogP contribution in [0.25, 0.3) is 0 Å². The molecule has 72 valence electrons. The van der Waals surface area contributed by atoms with Gasteiger partial charge >= 0.3 is 0 Å². The van der Waals surface area contributed by atoms with Gasteiger partial charge in [0.2, 0.25) is 5.91 Å². The van der Waals surface area contributed by atoms with Gasteiger partial charge in [0, 0.05) is 25.0 Å². The molecule has 0 radical (unpaired) electrons. The molecule has 1 atom stereocenters. The van der Waals surface area contributed by atoms with E-state index >= 15 is 0 Å². The van der Waals surface area contributed by atoms with Gasteiger partial charge in [-0.15, -0.1) is 0 Å². The molecule has 0 spiro atoms. The quantitative estimate of drug-likeness (QED) is 0.718. The summed E-state index contributed by atoms with van der Waals surface area (Å²) in [6.07, 6.45) is 9.46. The van der Waals surface area contributed by atoms with Crippen molar-refractivity contribution in [2.24, 2.45) is 0 Å². The first-order valence-electron chi connectivity index (χ1n) is 4.56. The first-order chi connectivity index (χ1) is 6.79. The van der Waals surface area contributed by atoms with Crippen molar-refractivity contribution in [2.75, 3.05) is 0 Å². The Morgan fingerprint density at radius 2 is 2.36 bits per heavy atom. The monoisotopic (exact) mass is 188 g/mol. The highest BCUT2D eigenvalue weighted by Gasteiger charge is 2.20. The summed E-state index contributed by atoms with van der Waals surface area (Å²) in [7, 11) is 0. The lowest BCUT2D eigenvalue weighted by atomic mass is 10.1. The number of amides is 1. The third kappa shape index (κ3) is 1.48. The summed E-state index contributed by atoms with van der Waals surface area (Å²) in [5.41, 5.74) is 1.03. The van der Waals surface area contributed by atoms with E-state index in [1.54, 1.807) is 18.0 Å². The molecule has 2 heterocycles. The highest BCUT2D eigenvalue weighted by Crippen LogP contribution is 2.23. The first kappa shape index (κ1) is 8.81. The van der Waals surface area contributed by atoms with Crippen molar-refractivity contribution in [3.05, 3.63) is 48.5 Å². The number of aromatic nitrogens is 1. The van der Waals surface area contributed by atoms with Crippen LogP contribution in [0.2, 0.25) is 0 Å². The Bertz CT molecular complexity index is 376. The molecule has 0 saturated heterocycles. The number of hydrogen-bond acceptors (Lipinski definition) is 1. The molecule has 0 aliphatic carbocycles. The van der Waals surface area contributed by atoms with Gasteiger partial charge in [-0.3, -0.25) is 4.79 Å². The van der Waals surface area contributed by atoms with Crippen molar-refractivity contribution in [3.8, 4) is 0 Å². The Morgan fingerprint density at radius 3 is 3.00 bits per heavy atom. The number of rotatable bonds is 1. The number of H-pyrrole nitrogens is 1. The molecule has 1 aliphatic rings. The maximum atomic E-state index is 11.3. The number of aromatic amines is 1. The molecule has 1 aromatic rings. The van der Waals surface area contributed by atoms with Gasteiger partial charge in [0.05, 0.1) is 6.04 Å². The van der Waals surface area contributed by atoms with Crippen molar-refractivity contribution in [1.29, 1.82) is 0 Å². The minimum absolute atomic E-state index is 0.00694. The van der Waals surface area contributed by atoms with E-state index < -0.39 is 0 Å². The Hall–Kier alpha value is -1.77. The highest BCUT2D eigenvalue weighted by atomic mass is 16.2. The van der Waals surface area contributed by atoms with E-state index in [1.807, 2.05) is 36.6 Å². The Kier molecular flexibility index (Phi) is 2.23. The molecule has 1 aliphatic heterocycles.